The largest absolute Gasteiger partial charge is 0.457 e. The van der Waals surface area contributed by atoms with E-state index in [-0.39, 0.29) is 28.4 Å². The van der Waals surface area contributed by atoms with E-state index in [4.69, 9.17) is 16.0 Å². The second-order valence-corrected chi connectivity index (χ2v) is 11.9. The number of amides is 3. The number of furan rings is 1. The van der Waals surface area contributed by atoms with Gasteiger partial charge in [-0.05, 0) is 67.0 Å². The van der Waals surface area contributed by atoms with Gasteiger partial charge >= 0.3 is 0 Å². The average molecular weight is 662 g/mol. The lowest BCUT2D eigenvalue weighted by Crippen LogP contribution is -2.42. The van der Waals surface area contributed by atoms with Crippen molar-refractivity contribution < 1.29 is 18.8 Å². The van der Waals surface area contributed by atoms with E-state index >= 15 is 0 Å². The number of carbonyl (C=O) groups excluding carboxylic acids is 3. The standard InChI is InChI=1S/C38H32ClN3O4S/c1-4-6-17-29(5-2)42-37(45)32(23-30-20-21-33(46-30)31-22-28(39)19-18-25(31)3)36(44)41-38(42)47-24-34(43)40-35(26-13-9-7-10-14-26)27-15-11-8-12-16-27/h4-23,35H,1,24H2,2-3H3,(H,40,43)/b17-6-,29-5+,32-23+. The van der Waals surface area contributed by atoms with Gasteiger partial charge in [0.15, 0.2) is 5.17 Å². The first-order chi connectivity index (χ1) is 22.8. The Kier molecular flexibility index (Phi) is 10.9. The number of aliphatic imine (C=N–C) groups is 1. The summed E-state index contributed by atoms with van der Waals surface area (Å²) >= 11 is 7.20. The van der Waals surface area contributed by atoms with Crippen molar-refractivity contribution in [2.75, 3.05) is 5.75 Å². The smallest absolute Gasteiger partial charge is 0.285 e. The van der Waals surface area contributed by atoms with Crippen LogP contribution in [-0.2, 0) is 14.4 Å². The fourth-order valence-corrected chi connectivity index (χ4v) is 5.95. The molecule has 7 nitrogen and oxygen atoms in total. The number of hydrogen-bond acceptors (Lipinski definition) is 5. The van der Waals surface area contributed by atoms with Crippen LogP contribution in [0.3, 0.4) is 0 Å². The Balaban J connectivity index is 1.41. The van der Waals surface area contributed by atoms with Gasteiger partial charge in [-0.3, -0.25) is 19.3 Å². The average Bonchev–Trinajstić information content (AvgIpc) is 3.56. The number of rotatable bonds is 10. The highest BCUT2D eigenvalue weighted by molar-refractivity contribution is 8.14. The lowest BCUT2D eigenvalue weighted by Gasteiger charge is -2.28. The molecule has 236 valence electrons. The van der Waals surface area contributed by atoms with E-state index in [1.54, 1.807) is 55.5 Å². The number of allylic oxidation sites excluding steroid dienone is 4. The van der Waals surface area contributed by atoms with Crippen molar-refractivity contribution in [1.82, 2.24) is 10.2 Å². The van der Waals surface area contributed by atoms with Gasteiger partial charge in [0.2, 0.25) is 5.91 Å². The molecule has 0 radical (unpaired) electrons. The molecule has 0 atom stereocenters. The number of thioether (sulfide) groups is 1. The first-order valence-corrected chi connectivity index (χ1v) is 16.2. The van der Waals surface area contributed by atoms with Gasteiger partial charge < -0.3 is 9.73 Å². The molecule has 0 bridgehead atoms. The van der Waals surface area contributed by atoms with Crippen LogP contribution in [0.15, 0.2) is 143 Å². The van der Waals surface area contributed by atoms with E-state index in [9.17, 15) is 14.4 Å². The van der Waals surface area contributed by atoms with Crippen molar-refractivity contribution in [3.63, 3.8) is 0 Å². The van der Waals surface area contributed by atoms with Crippen molar-refractivity contribution in [2.45, 2.75) is 19.9 Å². The molecule has 0 saturated heterocycles. The zero-order valence-corrected chi connectivity index (χ0v) is 27.4. The van der Waals surface area contributed by atoms with Crippen LogP contribution in [0.1, 0.15) is 35.4 Å². The number of hydrogen-bond donors (Lipinski definition) is 1. The number of benzene rings is 3. The predicted molar refractivity (Wildman–Crippen MR) is 190 cm³/mol. The summed E-state index contributed by atoms with van der Waals surface area (Å²) in [6, 6.07) is 27.8. The normalized spacial score (nSPS) is 14.6. The van der Waals surface area contributed by atoms with E-state index in [1.807, 2.05) is 73.7 Å². The minimum absolute atomic E-state index is 0.0831. The van der Waals surface area contributed by atoms with Crippen LogP contribution in [0.4, 0.5) is 0 Å². The van der Waals surface area contributed by atoms with Crippen LogP contribution in [0.2, 0.25) is 5.02 Å². The molecule has 1 aromatic heterocycles. The van der Waals surface area contributed by atoms with Crippen LogP contribution in [0.25, 0.3) is 17.4 Å². The molecule has 3 aromatic carbocycles. The quantitative estimate of drug-likeness (QED) is 0.105. The third kappa shape index (κ3) is 7.98. The Bertz CT molecular complexity index is 1890. The molecule has 1 N–H and O–H groups in total. The van der Waals surface area contributed by atoms with Crippen molar-refractivity contribution in [2.24, 2.45) is 4.99 Å². The summed E-state index contributed by atoms with van der Waals surface area (Å²) in [5, 5.41) is 3.74. The molecule has 2 heterocycles. The minimum atomic E-state index is -0.736. The first kappa shape index (κ1) is 33.2. The van der Waals surface area contributed by atoms with E-state index in [0.29, 0.717) is 22.2 Å². The van der Waals surface area contributed by atoms with Gasteiger partial charge in [-0.1, -0.05) is 115 Å². The summed E-state index contributed by atoms with van der Waals surface area (Å²) in [4.78, 5) is 46.2. The van der Waals surface area contributed by atoms with Crippen LogP contribution >= 0.6 is 23.4 Å². The van der Waals surface area contributed by atoms with Crippen molar-refractivity contribution in [3.05, 3.63) is 161 Å². The summed E-state index contributed by atoms with van der Waals surface area (Å²) in [7, 11) is 0. The van der Waals surface area contributed by atoms with Gasteiger partial charge in [-0.15, -0.1) is 0 Å². The number of amidine groups is 1. The number of nitrogens with zero attached hydrogens (tertiary/aromatic N) is 2. The fourth-order valence-electron chi connectivity index (χ4n) is 4.97. The second-order valence-electron chi connectivity index (χ2n) is 10.5. The van der Waals surface area contributed by atoms with Crippen molar-refractivity contribution in [3.8, 4) is 11.3 Å². The third-order valence-corrected chi connectivity index (χ3v) is 8.47. The van der Waals surface area contributed by atoms with Gasteiger partial charge in [0.25, 0.3) is 11.8 Å². The SMILES string of the molecule is C=C/C=C\C(=C/C)N1C(=O)/C(=C/c2ccc(-c3cc(Cl)ccc3C)o2)C(=O)N=C1SCC(=O)NC(c1ccccc1)c1ccccc1. The Hall–Kier alpha value is -5.18. The van der Waals surface area contributed by atoms with Gasteiger partial charge in [0, 0.05) is 16.3 Å². The molecular formula is C38H32ClN3O4S. The molecule has 5 rings (SSSR count). The highest BCUT2D eigenvalue weighted by atomic mass is 35.5. The van der Waals surface area contributed by atoms with Gasteiger partial charge in [0.05, 0.1) is 11.8 Å². The Labute approximate surface area is 283 Å². The minimum Gasteiger partial charge on any atom is -0.457 e. The van der Waals surface area contributed by atoms with E-state index in [0.717, 1.165) is 34.0 Å². The molecule has 0 saturated carbocycles. The maximum Gasteiger partial charge on any atom is 0.285 e. The highest BCUT2D eigenvalue weighted by Crippen LogP contribution is 2.31. The van der Waals surface area contributed by atoms with E-state index < -0.39 is 11.8 Å². The van der Waals surface area contributed by atoms with Crippen molar-refractivity contribution in [1.29, 1.82) is 0 Å². The number of nitrogens with one attached hydrogen (secondary N) is 1. The zero-order chi connectivity index (χ0) is 33.3. The molecule has 0 aliphatic carbocycles. The number of aryl methyl sites for hydroxylation is 1. The number of carbonyl (C=O) groups is 3. The van der Waals surface area contributed by atoms with Crippen LogP contribution < -0.4 is 5.32 Å². The van der Waals surface area contributed by atoms with Gasteiger partial charge in [-0.25, -0.2) is 0 Å². The Morgan fingerprint density at radius 1 is 1.02 bits per heavy atom. The molecular weight excluding hydrogens is 630 g/mol. The van der Waals surface area contributed by atoms with Crippen LogP contribution in [0, 0.1) is 6.92 Å². The summed E-state index contributed by atoms with van der Waals surface area (Å²) in [5.41, 5.74) is 3.88. The maximum absolute atomic E-state index is 14.0. The molecule has 0 fully saturated rings. The monoisotopic (exact) mass is 661 g/mol. The lowest BCUT2D eigenvalue weighted by atomic mass is 9.99. The molecule has 0 spiro atoms. The highest BCUT2D eigenvalue weighted by Gasteiger charge is 2.35. The summed E-state index contributed by atoms with van der Waals surface area (Å²) in [6.07, 6.45) is 8.03. The summed E-state index contributed by atoms with van der Waals surface area (Å²) in [5.74, 6) is -0.868. The molecule has 3 amide bonds. The van der Waals surface area contributed by atoms with Crippen LogP contribution in [0.5, 0.6) is 0 Å². The first-order valence-electron chi connectivity index (χ1n) is 14.8. The summed E-state index contributed by atoms with van der Waals surface area (Å²) < 4.78 is 6.00. The topological polar surface area (TPSA) is 92.0 Å². The summed E-state index contributed by atoms with van der Waals surface area (Å²) in [6.45, 7) is 7.42. The zero-order valence-electron chi connectivity index (χ0n) is 25.9. The molecule has 1 aliphatic heterocycles. The van der Waals surface area contributed by atoms with Crippen molar-refractivity contribution >= 4 is 52.3 Å². The van der Waals surface area contributed by atoms with E-state index in [1.165, 1.54) is 11.0 Å². The Morgan fingerprint density at radius 2 is 1.70 bits per heavy atom. The molecule has 9 heteroatoms. The van der Waals surface area contributed by atoms with E-state index in [2.05, 4.69) is 16.9 Å². The molecule has 4 aromatic rings. The molecule has 47 heavy (non-hydrogen) atoms. The van der Waals surface area contributed by atoms with Crippen LogP contribution in [-0.4, -0.2) is 33.5 Å². The lowest BCUT2D eigenvalue weighted by molar-refractivity contribution is -0.126. The fraction of sp³-hybridized carbons (Fsp3) is 0.105. The second kappa shape index (κ2) is 15.4. The predicted octanol–water partition coefficient (Wildman–Crippen LogP) is 8.30. The maximum atomic E-state index is 14.0. The third-order valence-electron chi connectivity index (χ3n) is 7.29. The van der Waals surface area contributed by atoms with Gasteiger partial charge in [0.1, 0.15) is 17.1 Å². The number of halogens is 1. The molecule has 0 unspecified atom stereocenters. The Morgan fingerprint density at radius 3 is 2.34 bits per heavy atom. The molecule has 1 aliphatic rings. The van der Waals surface area contributed by atoms with Gasteiger partial charge in [-0.2, -0.15) is 4.99 Å².